The van der Waals surface area contributed by atoms with E-state index in [2.05, 4.69) is 9.97 Å². The fourth-order valence-electron chi connectivity index (χ4n) is 3.05. The van der Waals surface area contributed by atoms with Crippen molar-refractivity contribution in [2.24, 2.45) is 0 Å². The fourth-order valence-corrected chi connectivity index (χ4v) is 5.38. The van der Waals surface area contributed by atoms with Crippen LogP contribution in [-0.4, -0.2) is 28.3 Å². The molecule has 0 N–H and O–H groups in total. The Bertz CT molecular complexity index is 1010. The number of ketones is 1. The van der Waals surface area contributed by atoms with Crippen molar-refractivity contribution < 1.29 is 14.3 Å². The molecule has 5 nitrogen and oxygen atoms in total. The van der Waals surface area contributed by atoms with Crippen LogP contribution in [-0.2, 0) is 22.4 Å². The molecule has 2 heterocycles. The summed E-state index contributed by atoms with van der Waals surface area (Å²) in [6, 6.07) is 7.24. The zero-order chi connectivity index (χ0) is 18.1. The van der Waals surface area contributed by atoms with Crippen molar-refractivity contribution in [2.45, 2.75) is 36.1 Å². The average molecular weight is 384 g/mol. The molecule has 0 aliphatic heterocycles. The summed E-state index contributed by atoms with van der Waals surface area (Å²) >= 11 is 3.19. The van der Waals surface area contributed by atoms with Crippen molar-refractivity contribution in [2.75, 3.05) is 6.61 Å². The molecule has 3 aromatic rings. The summed E-state index contributed by atoms with van der Waals surface area (Å²) in [4.78, 5) is 35.5. The van der Waals surface area contributed by atoms with Gasteiger partial charge in [0.15, 0.2) is 5.78 Å². The van der Waals surface area contributed by atoms with E-state index in [1.54, 1.807) is 29.8 Å². The van der Waals surface area contributed by atoms with Gasteiger partial charge in [0, 0.05) is 15.2 Å². The van der Waals surface area contributed by atoms with Gasteiger partial charge in [-0.25, -0.2) is 14.8 Å². The molecule has 132 valence electrons. The number of aryl methyl sites for hydroxylation is 2. The lowest BCUT2D eigenvalue weighted by Gasteiger charge is -2.09. The maximum atomic E-state index is 12.3. The first-order chi connectivity index (χ1) is 12.6. The molecule has 1 aliphatic rings. The van der Waals surface area contributed by atoms with Crippen LogP contribution in [0.3, 0.4) is 0 Å². The van der Waals surface area contributed by atoms with E-state index in [1.165, 1.54) is 35.5 Å². The van der Waals surface area contributed by atoms with Gasteiger partial charge in [-0.1, -0.05) is 23.9 Å². The van der Waals surface area contributed by atoms with E-state index in [0.29, 0.717) is 5.56 Å². The van der Waals surface area contributed by atoms with E-state index < -0.39 is 5.97 Å². The lowest BCUT2D eigenvalue weighted by molar-refractivity contribution is -0.120. The predicted molar refractivity (Wildman–Crippen MR) is 101 cm³/mol. The third-order valence-electron chi connectivity index (χ3n) is 4.19. The first-order valence-corrected chi connectivity index (χ1v) is 9.95. The quantitative estimate of drug-likeness (QED) is 0.488. The SMILES string of the molecule is CC(=O)COC(=O)c1ccccc1Sc1ncnc2sc3c(c12)CCC3. The Hall–Kier alpha value is -2.25. The molecule has 4 rings (SSSR count). The number of carbonyl (C=O) groups excluding carboxylic acids is 2. The van der Waals surface area contributed by atoms with Gasteiger partial charge >= 0.3 is 5.97 Å². The van der Waals surface area contributed by atoms with E-state index in [4.69, 9.17) is 4.74 Å². The van der Waals surface area contributed by atoms with Crippen LogP contribution in [0.4, 0.5) is 0 Å². The molecule has 0 radical (unpaired) electrons. The summed E-state index contributed by atoms with van der Waals surface area (Å²) in [5.74, 6) is -0.682. The average Bonchev–Trinajstić information content (AvgIpc) is 3.21. The van der Waals surface area contributed by atoms with Crippen LogP contribution in [0.15, 0.2) is 40.5 Å². The predicted octanol–water partition coefficient (Wildman–Crippen LogP) is 4.08. The summed E-state index contributed by atoms with van der Waals surface area (Å²) in [5.41, 5.74) is 1.79. The van der Waals surface area contributed by atoms with Gasteiger partial charge in [-0.15, -0.1) is 11.3 Å². The third kappa shape index (κ3) is 3.24. The maximum absolute atomic E-state index is 12.3. The second kappa shape index (κ2) is 7.17. The van der Waals surface area contributed by atoms with Gasteiger partial charge in [-0.3, -0.25) is 4.79 Å². The van der Waals surface area contributed by atoms with Gasteiger partial charge in [0.1, 0.15) is 22.8 Å². The smallest absolute Gasteiger partial charge is 0.339 e. The molecule has 26 heavy (non-hydrogen) atoms. The topological polar surface area (TPSA) is 69.2 Å². The van der Waals surface area contributed by atoms with Gasteiger partial charge in [0.05, 0.1) is 5.56 Å². The molecule has 0 amide bonds. The molecule has 0 atom stereocenters. The van der Waals surface area contributed by atoms with E-state index >= 15 is 0 Å². The van der Waals surface area contributed by atoms with E-state index in [0.717, 1.165) is 33.0 Å². The highest BCUT2D eigenvalue weighted by Gasteiger charge is 2.22. The number of esters is 1. The molecule has 2 aromatic heterocycles. The molecule has 1 aliphatic carbocycles. The van der Waals surface area contributed by atoms with Gasteiger partial charge in [-0.05, 0) is 43.9 Å². The molecule has 7 heteroatoms. The van der Waals surface area contributed by atoms with Crippen molar-refractivity contribution in [1.29, 1.82) is 0 Å². The number of nitrogens with zero attached hydrogens (tertiary/aromatic N) is 2. The molecule has 0 bridgehead atoms. The second-order valence-electron chi connectivity index (χ2n) is 6.09. The normalized spacial score (nSPS) is 13.0. The van der Waals surface area contributed by atoms with Crippen LogP contribution in [0.2, 0.25) is 0 Å². The third-order valence-corrected chi connectivity index (χ3v) is 6.47. The van der Waals surface area contributed by atoms with Crippen LogP contribution in [0.25, 0.3) is 10.2 Å². The highest BCUT2D eigenvalue weighted by Crippen LogP contribution is 2.42. The highest BCUT2D eigenvalue weighted by atomic mass is 32.2. The number of aromatic nitrogens is 2. The van der Waals surface area contributed by atoms with E-state index in [1.807, 2.05) is 12.1 Å². The van der Waals surface area contributed by atoms with Crippen molar-refractivity contribution in [3.8, 4) is 0 Å². The Kier molecular flexibility index (Phi) is 4.74. The number of hydrogen-bond donors (Lipinski definition) is 0. The minimum absolute atomic E-state index is 0.185. The van der Waals surface area contributed by atoms with Crippen LogP contribution in [0.1, 0.15) is 34.1 Å². The molecule has 0 spiro atoms. The molecule has 0 saturated carbocycles. The number of Topliss-reactive ketones (excluding diaryl/α,β-unsaturated/α-hetero) is 1. The molecular weight excluding hydrogens is 368 g/mol. The van der Waals surface area contributed by atoms with Crippen LogP contribution in [0.5, 0.6) is 0 Å². The second-order valence-corrected chi connectivity index (χ2v) is 8.21. The van der Waals surface area contributed by atoms with Crippen LogP contribution in [0, 0.1) is 0 Å². The molecule has 0 saturated heterocycles. The van der Waals surface area contributed by atoms with E-state index in [-0.39, 0.29) is 12.4 Å². The first kappa shape index (κ1) is 17.2. The first-order valence-electron chi connectivity index (χ1n) is 8.32. The number of thiophene rings is 1. The minimum atomic E-state index is -0.496. The monoisotopic (exact) mass is 384 g/mol. The number of benzene rings is 1. The fraction of sp³-hybridized carbons (Fsp3) is 0.263. The Morgan fingerprint density at radius 2 is 2.08 bits per heavy atom. The lowest BCUT2D eigenvalue weighted by Crippen LogP contribution is -2.12. The van der Waals surface area contributed by atoms with Gasteiger partial charge in [-0.2, -0.15) is 0 Å². The molecule has 0 fully saturated rings. The van der Waals surface area contributed by atoms with Crippen molar-refractivity contribution in [3.05, 3.63) is 46.6 Å². The number of rotatable bonds is 5. The molecule has 0 unspecified atom stereocenters. The Morgan fingerprint density at radius 1 is 1.23 bits per heavy atom. The number of ether oxygens (including phenoxy) is 1. The van der Waals surface area contributed by atoms with Crippen molar-refractivity contribution >= 4 is 45.1 Å². The summed E-state index contributed by atoms with van der Waals surface area (Å²) in [6.45, 7) is 1.18. The van der Waals surface area contributed by atoms with E-state index in [9.17, 15) is 9.59 Å². The lowest BCUT2D eigenvalue weighted by atomic mass is 10.2. The highest BCUT2D eigenvalue weighted by molar-refractivity contribution is 7.99. The number of fused-ring (bicyclic) bond motifs is 3. The Labute approximate surface area is 158 Å². The van der Waals surface area contributed by atoms with Gasteiger partial charge < -0.3 is 4.74 Å². The Morgan fingerprint density at radius 3 is 2.92 bits per heavy atom. The molecule has 1 aromatic carbocycles. The van der Waals surface area contributed by atoms with Crippen LogP contribution >= 0.6 is 23.1 Å². The summed E-state index contributed by atoms with van der Waals surface area (Å²) in [7, 11) is 0. The van der Waals surface area contributed by atoms with Gasteiger partial charge in [0.2, 0.25) is 0 Å². The van der Waals surface area contributed by atoms with Crippen molar-refractivity contribution in [3.63, 3.8) is 0 Å². The summed E-state index contributed by atoms with van der Waals surface area (Å²) in [5, 5.41) is 1.98. The van der Waals surface area contributed by atoms with Gasteiger partial charge in [0.25, 0.3) is 0 Å². The largest absolute Gasteiger partial charge is 0.454 e. The zero-order valence-electron chi connectivity index (χ0n) is 14.2. The zero-order valence-corrected chi connectivity index (χ0v) is 15.8. The Balaban J connectivity index is 1.69. The maximum Gasteiger partial charge on any atom is 0.339 e. The molecular formula is C19H16N2O3S2. The summed E-state index contributed by atoms with van der Waals surface area (Å²) < 4.78 is 5.08. The number of hydrogen-bond acceptors (Lipinski definition) is 7. The standard InChI is InChI=1S/C19H16N2O3S2/c1-11(22)9-24-19(23)13-5-2-3-7-15(13)26-18-16-12-6-4-8-14(12)25-17(16)20-10-21-18/h2-3,5,7,10H,4,6,8-9H2,1H3. The number of carbonyl (C=O) groups is 2. The van der Waals surface area contributed by atoms with Crippen LogP contribution < -0.4 is 0 Å². The van der Waals surface area contributed by atoms with Crippen molar-refractivity contribution in [1.82, 2.24) is 9.97 Å². The summed E-state index contributed by atoms with van der Waals surface area (Å²) in [6.07, 6.45) is 4.91. The minimum Gasteiger partial charge on any atom is -0.454 e.